The van der Waals surface area contributed by atoms with Crippen molar-refractivity contribution in [1.29, 1.82) is 0 Å². The second kappa shape index (κ2) is 3.18. The van der Waals surface area contributed by atoms with Gasteiger partial charge in [-0.3, -0.25) is 0 Å². The molecular weight excluding hydrogens is 294 g/mol. The third-order valence-corrected chi connectivity index (χ3v) is 3.82. The number of allylic oxidation sites excluding steroid dienone is 1. The van der Waals surface area contributed by atoms with E-state index in [1.54, 1.807) is 0 Å². The Hall–Kier alpha value is -0.200. The van der Waals surface area contributed by atoms with Gasteiger partial charge in [0.15, 0.2) is 0 Å². The Kier molecular flexibility index (Phi) is 2.29. The van der Waals surface area contributed by atoms with Gasteiger partial charge >= 0.3 is 6.18 Å². The first kappa shape index (κ1) is 9.36. The fourth-order valence-electron chi connectivity index (χ4n) is 1.03. The van der Waals surface area contributed by atoms with Gasteiger partial charge in [0.2, 0.25) is 0 Å². The molecule has 2 rings (SSSR count). The van der Waals surface area contributed by atoms with Crippen molar-refractivity contribution in [3.8, 4) is 0 Å². The highest BCUT2D eigenvalue weighted by Crippen LogP contribution is 2.36. The highest BCUT2D eigenvalue weighted by atomic mass is 127. The van der Waals surface area contributed by atoms with Gasteiger partial charge in [0.1, 0.15) is 5.70 Å². The molecular formula is C8H7F3IN. The molecule has 0 aromatic carbocycles. The number of hydrogen-bond donors (Lipinski definition) is 0. The summed E-state index contributed by atoms with van der Waals surface area (Å²) >= 11 is -0.563. The molecule has 5 heteroatoms. The van der Waals surface area contributed by atoms with Crippen molar-refractivity contribution in [2.45, 2.75) is 19.0 Å². The zero-order valence-corrected chi connectivity index (χ0v) is 8.76. The van der Waals surface area contributed by atoms with Crippen LogP contribution in [0.4, 0.5) is 13.2 Å². The van der Waals surface area contributed by atoms with Gasteiger partial charge in [-0.15, -0.1) is 0 Å². The van der Waals surface area contributed by atoms with Crippen LogP contribution in [0.5, 0.6) is 0 Å². The Balaban J connectivity index is 2.23. The van der Waals surface area contributed by atoms with E-state index in [0.717, 1.165) is 12.8 Å². The summed E-state index contributed by atoms with van der Waals surface area (Å²) in [6.45, 7) is 0. The summed E-state index contributed by atoms with van der Waals surface area (Å²) in [6.07, 6.45) is -2.25. The van der Waals surface area contributed by atoms with Crippen LogP contribution >= 0.6 is 20.7 Å². The molecule has 1 aliphatic carbocycles. The maximum atomic E-state index is 12.2. The van der Waals surface area contributed by atoms with Crippen LogP contribution < -0.4 is 0 Å². The predicted molar refractivity (Wildman–Crippen MR) is 54.4 cm³/mol. The molecule has 1 nitrogen and oxygen atoms in total. The van der Waals surface area contributed by atoms with Gasteiger partial charge in [0.05, 0.1) is 0 Å². The molecule has 1 aliphatic heterocycles. The average Bonchev–Trinajstić information content (AvgIpc) is 2.85. The molecule has 0 radical (unpaired) electrons. The molecule has 2 aliphatic rings. The summed E-state index contributed by atoms with van der Waals surface area (Å²) in [7, 11) is 0. The van der Waals surface area contributed by atoms with Crippen LogP contribution in [0.25, 0.3) is 0 Å². The second-order valence-electron chi connectivity index (χ2n) is 3.04. The Morgan fingerprint density at radius 3 is 2.62 bits per heavy atom. The fraction of sp³-hybridized carbons (Fsp3) is 0.500. The Labute approximate surface area is 83.5 Å². The lowest BCUT2D eigenvalue weighted by molar-refractivity contribution is -0.0920. The SMILES string of the molecule is FC(F)(F)C1=CI=CC(C2CC2)=N1. The molecule has 0 bridgehead atoms. The average molecular weight is 301 g/mol. The monoisotopic (exact) mass is 301 g/mol. The van der Waals surface area contributed by atoms with E-state index < -0.39 is 32.6 Å². The first-order chi connectivity index (χ1) is 6.07. The topological polar surface area (TPSA) is 12.4 Å². The molecule has 0 aromatic rings. The van der Waals surface area contributed by atoms with Gasteiger partial charge in [-0.2, -0.15) is 13.2 Å². The van der Waals surface area contributed by atoms with Crippen molar-refractivity contribution in [1.82, 2.24) is 0 Å². The van der Waals surface area contributed by atoms with E-state index in [-0.39, 0.29) is 0 Å². The minimum absolute atomic E-state index is 0.325. The molecule has 1 heterocycles. The van der Waals surface area contributed by atoms with Gasteiger partial charge < -0.3 is 0 Å². The largest absolute Gasteiger partial charge is 0.433 e. The van der Waals surface area contributed by atoms with E-state index in [1.807, 2.05) is 4.01 Å². The van der Waals surface area contributed by atoms with Crippen molar-refractivity contribution in [2.75, 3.05) is 0 Å². The Morgan fingerprint density at radius 1 is 1.38 bits per heavy atom. The van der Waals surface area contributed by atoms with E-state index in [1.165, 1.54) is 4.08 Å². The normalized spacial score (nSPS) is 23.3. The van der Waals surface area contributed by atoms with Crippen molar-refractivity contribution in [2.24, 2.45) is 10.9 Å². The molecule has 0 amide bonds. The molecule has 0 saturated heterocycles. The lowest BCUT2D eigenvalue weighted by Gasteiger charge is -2.10. The number of rotatable bonds is 1. The second-order valence-corrected chi connectivity index (χ2v) is 5.00. The summed E-state index contributed by atoms with van der Waals surface area (Å²) in [5.74, 6) is 0.325. The number of alkyl halides is 3. The van der Waals surface area contributed by atoms with Gasteiger partial charge in [-0.1, -0.05) is 20.7 Å². The van der Waals surface area contributed by atoms with Crippen LogP contribution in [0.1, 0.15) is 12.8 Å². The lowest BCUT2D eigenvalue weighted by atomic mass is 10.3. The van der Waals surface area contributed by atoms with Crippen LogP contribution in [-0.2, 0) is 0 Å². The van der Waals surface area contributed by atoms with E-state index in [4.69, 9.17) is 0 Å². The van der Waals surface area contributed by atoms with E-state index in [9.17, 15) is 13.2 Å². The van der Waals surface area contributed by atoms with Crippen molar-refractivity contribution < 1.29 is 13.2 Å². The minimum Gasteiger partial charge on any atom is -0.247 e. The first-order valence-corrected chi connectivity index (χ1v) is 6.37. The van der Waals surface area contributed by atoms with Crippen molar-refractivity contribution in [3.05, 3.63) is 9.78 Å². The third-order valence-electron chi connectivity index (χ3n) is 1.88. The van der Waals surface area contributed by atoms with Gasteiger partial charge in [-0.05, 0) is 16.9 Å². The lowest BCUT2D eigenvalue weighted by Crippen LogP contribution is -2.14. The number of aliphatic imine (C=N–C) groups is 1. The summed E-state index contributed by atoms with van der Waals surface area (Å²) in [5, 5.41) is 0. The Morgan fingerprint density at radius 2 is 2.08 bits per heavy atom. The zero-order valence-electron chi connectivity index (χ0n) is 6.61. The van der Waals surface area contributed by atoms with Crippen LogP contribution in [0.15, 0.2) is 14.8 Å². The van der Waals surface area contributed by atoms with E-state index >= 15 is 0 Å². The van der Waals surface area contributed by atoms with E-state index in [0.29, 0.717) is 11.6 Å². The third kappa shape index (κ3) is 2.18. The maximum Gasteiger partial charge on any atom is 0.433 e. The zero-order chi connectivity index (χ0) is 9.47. The summed E-state index contributed by atoms with van der Waals surface area (Å²) in [6, 6.07) is 0. The molecule has 1 fully saturated rings. The van der Waals surface area contributed by atoms with Crippen molar-refractivity contribution >= 4 is 30.5 Å². The molecule has 0 N–H and O–H groups in total. The van der Waals surface area contributed by atoms with Crippen LogP contribution in [0, 0.1) is 5.92 Å². The molecule has 0 spiro atoms. The fourth-order valence-corrected chi connectivity index (χ4v) is 3.06. The number of nitrogens with zero attached hydrogens (tertiary/aromatic N) is 1. The van der Waals surface area contributed by atoms with Gasteiger partial charge in [0, 0.05) is 15.7 Å². The molecule has 0 unspecified atom stereocenters. The number of halogens is 4. The maximum absolute atomic E-state index is 12.2. The standard InChI is InChI=1S/C8H7F3IN/c9-8(10,11)7-4-12-3-6(13-7)5-1-2-5/h3-5H,1-2H2. The highest BCUT2D eigenvalue weighted by molar-refractivity contribution is 14.2. The highest BCUT2D eigenvalue weighted by Gasteiger charge is 2.36. The quantitative estimate of drug-likeness (QED) is 0.660. The molecule has 13 heavy (non-hydrogen) atoms. The van der Waals surface area contributed by atoms with Gasteiger partial charge in [0.25, 0.3) is 0 Å². The smallest absolute Gasteiger partial charge is 0.247 e. The minimum atomic E-state index is -4.26. The van der Waals surface area contributed by atoms with Crippen LogP contribution in [0.3, 0.4) is 0 Å². The van der Waals surface area contributed by atoms with Crippen molar-refractivity contribution in [3.63, 3.8) is 0 Å². The summed E-state index contributed by atoms with van der Waals surface area (Å²) in [5.41, 5.74) is 0.00678. The molecule has 72 valence electrons. The molecule has 1 saturated carbocycles. The van der Waals surface area contributed by atoms with E-state index in [2.05, 4.69) is 4.99 Å². The van der Waals surface area contributed by atoms with Crippen LogP contribution in [-0.4, -0.2) is 15.9 Å². The van der Waals surface area contributed by atoms with Gasteiger partial charge in [-0.25, -0.2) is 4.99 Å². The predicted octanol–water partition coefficient (Wildman–Crippen LogP) is 3.03. The molecule has 0 aromatic heterocycles. The molecule has 0 atom stereocenters. The Bertz CT molecular complexity index is 310. The summed E-state index contributed by atoms with van der Waals surface area (Å²) in [4.78, 5) is 3.64. The first-order valence-electron chi connectivity index (χ1n) is 3.88. The summed E-state index contributed by atoms with van der Waals surface area (Å²) < 4.78 is 39.8. The van der Waals surface area contributed by atoms with Crippen LogP contribution in [0.2, 0.25) is 0 Å². The number of hydrogen-bond acceptors (Lipinski definition) is 1.